The fraction of sp³-hybridized carbons (Fsp3) is 0.0909. The summed E-state index contributed by atoms with van der Waals surface area (Å²) in [5.74, 6) is -0.363. The lowest BCUT2D eigenvalue weighted by Gasteiger charge is -2.16. The van der Waals surface area contributed by atoms with Gasteiger partial charge in [0, 0.05) is 17.1 Å². The lowest BCUT2D eigenvalue weighted by molar-refractivity contribution is 0.627. The summed E-state index contributed by atoms with van der Waals surface area (Å²) in [4.78, 5) is 18.1. The molecule has 4 rings (SSSR count). The van der Waals surface area contributed by atoms with Gasteiger partial charge in [0.05, 0.1) is 26.6 Å². The molecule has 0 spiro atoms. The number of nitrogens with one attached hydrogen (secondary N) is 1. The third-order valence-corrected chi connectivity index (χ3v) is 5.67. The second-order valence-corrected chi connectivity index (χ2v) is 7.87. The molecule has 0 aliphatic heterocycles. The number of halogens is 4. The zero-order valence-corrected chi connectivity index (χ0v) is 18.0. The van der Waals surface area contributed by atoms with E-state index in [4.69, 9.17) is 34.8 Å². The lowest BCUT2D eigenvalue weighted by Crippen LogP contribution is -2.22. The van der Waals surface area contributed by atoms with Gasteiger partial charge in [0.2, 0.25) is 0 Å². The van der Waals surface area contributed by atoms with E-state index in [1.54, 1.807) is 30.3 Å². The molecule has 1 N–H and O–H groups in total. The summed E-state index contributed by atoms with van der Waals surface area (Å²) >= 11 is 18.6. The molecule has 0 atom stereocenters. The molecule has 0 radical (unpaired) electrons. The molecule has 1 aromatic heterocycles. The molecular formula is C22H15Cl3FN3O. The van der Waals surface area contributed by atoms with Crippen molar-refractivity contribution in [3.05, 3.63) is 91.4 Å². The number of benzene rings is 3. The molecule has 4 aromatic rings. The lowest BCUT2D eigenvalue weighted by atomic mass is 10.1. The number of aromatic nitrogens is 2. The van der Waals surface area contributed by atoms with Crippen LogP contribution in [0.3, 0.4) is 0 Å². The maximum atomic E-state index is 14.2. The van der Waals surface area contributed by atoms with Crippen LogP contribution >= 0.6 is 34.8 Å². The van der Waals surface area contributed by atoms with Gasteiger partial charge in [0.25, 0.3) is 5.56 Å². The number of fused-ring (bicyclic) bond motifs is 1. The summed E-state index contributed by atoms with van der Waals surface area (Å²) in [7, 11) is 1.81. The minimum atomic E-state index is -0.641. The molecule has 0 saturated heterocycles. The second kappa shape index (κ2) is 8.36. The summed E-state index contributed by atoms with van der Waals surface area (Å²) in [5, 5.41) is 4.26. The highest BCUT2D eigenvalue weighted by atomic mass is 35.5. The SMILES string of the molecule is CNCc1cccc(-c2nc3cc(Cl)ccc3c(=O)n2-c2ccc(Cl)c(F)c2)c1Cl. The number of rotatable bonds is 4. The van der Waals surface area contributed by atoms with Crippen molar-refractivity contribution >= 4 is 45.7 Å². The van der Waals surface area contributed by atoms with Crippen molar-refractivity contribution in [1.82, 2.24) is 14.9 Å². The van der Waals surface area contributed by atoms with Gasteiger partial charge in [-0.2, -0.15) is 0 Å². The number of hydrogen-bond acceptors (Lipinski definition) is 3. The molecule has 0 saturated carbocycles. The van der Waals surface area contributed by atoms with Crippen molar-refractivity contribution in [3.8, 4) is 17.1 Å². The third kappa shape index (κ3) is 3.70. The van der Waals surface area contributed by atoms with Crippen molar-refractivity contribution in [1.29, 1.82) is 0 Å². The van der Waals surface area contributed by atoms with Crippen LogP contribution in [0.15, 0.2) is 59.4 Å². The predicted molar refractivity (Wildman–Crippen MR) is 121 cm³/mol. The maximum Gasteiger partial charge on any atom is 0.266 e. The maximum absolute atomic E-state index is 14.2. The monoisotopic (exact) mass is 461 g/mol. The minimum Gasteiger partial charge on any atom is -0.316 e. The Morgan fingerprint density at radius 3 is 2.60 bits per heavy atom. The Labute approximate surface area is 186 Å². The molecule has 3 aromatic carbocycles. The predicted octanol–water partition coefficient (Wildman–Crippen LogP) is 5.87. The summed E-state index contributed by atoms with van der Waals surface area (Å²) in [6.45, 7) is 0.534. The van der Waals surface area contributed by atoms with E-state index in [0.717, 1.165) is 5.56 Å². The van der Waals surface area contributed by atoms with Crippen LogP contribution in [-0.4, -0.2) is 16.6 Å². The minimum absolute atomic E-state index is 0.0390. The van der Waals surface area contributed by atoms with Crippen LogP contribution in [0.2, 0.25) is 15.1 Å². The number of nitrogens with zero attached hydrogens (tertiary/aromatic N) is 2. The zero-order chi connectivity index (χ0) is 21.4. The molecule has 30 heavy (non-hydrogen) atoms. The highest BCUT2D eigenvalue weighted by Gasteiger charge is 2.19. The standard InChI is InChI=1S/C22H15Cl3FN3O/c1-27-11-12-3-2-4-16(20(12)25)21-28-19-9-13(23)5-7-15(19)22(30)29(21)14-6-8-17(24)18(26)10-14/h2-10,27H,11H2,1H3. The smallest absolute Gasteiger partial charge is 0.266 e. The molecular weight excluding hydrogens is 448 g/mol. The molecule has 0 bridgehead atoms. The highest BCUT2D eigenvalue weighted by molar-refractivity contribution is 6.34. The van der Waals surface area contributed by atoms with Gasteiger partial charge < -0.3 is 5.32 Å². The van der Waals surface area contributed by atoms with Crippen molar-refractivity contribution < 1.29 is 4.39 Å². The van der Waals surface area contributed by atoms with E-state index in [1.165, 1.54) is 16.7 Å². The van der Waals surface area contributed by atoms with Gasteiger partial charge in [-0.1, -0.05) is 46.9 Å². The topological polar surface area (TPSA) is 46.9 Å². The summed E-state index contributed by atoms with van der Waals surface area (Å²) < 4.78 is 15.6. The van der Waals surface area contributed by atoms with Gasteiger partial charge in [-0.05, 0) is 55.1 Å². The average Bonchev–Trinajstić information content (AvgIpc) is 2.71. The molecule has 0 aliphatic carbocycles. The number of hydrogen-bond donors (Lipinski definition) is 1. The zero-order valence-electron chi connectivity index (χ0n) is 15.7. The fourth-order valence-electron chi connectivity index (χ4n) is 3.28. The normalized spacial score (nSPS) is 11.2. The van der Waals surface area contributed by atoms with Crippen molar-refractivity contribution in [2.24, 2.45) is 0 Å². The molecule has 8 heteroatoms. The Kier molecular flexibility index (Phi) is 5.80. The molecule has 152 valence electrons. The van der Waals surface area contributed by atoms with Crippen LogP contribution in [0.25, 0.3) is 28.0 Å². The highest BCUT2D eigenvalue weighted by Crippen LogP contribution is 2.32. The van der Waals surface area contributed by atoms with Crippen molar-refractivity contribution in [2.75, 3.05) is 7.05 Å². The van der Waals surface area contributed by atoms with E-state index in [-0.39, 0.29) is 22.1 Å². The first-order valence-corrected chi connectivity index (χ1v) is 10.1. The first kappa shape index (κ1) is 20.8. The Morgan fingerprint density at radius 1 is 1.07 bits per heavy atom. The van der Waals surface area contributed by atoms with Crippen molar-refractivity contribution in [2.45, 2.75) is 6.54 Å². The van der Waals surface area contributed by atoms with E-state index in [2.05, 4.69) is 10.3 Å². The van der Waals surface area contributed by atoms with Crippen LogP contribution < -0.4 is 10.9 Å². The molecule has 0 amide bonds. The van der Waals surface area contributed by atoms with E-state index in [9.17, 15) is 9.18 Å². The van der Waals surface area contributed by atoms with E-state index in [1.807, 2.05) is 19.2 Å². The second-order valence-electron chi connectivity index (χ2n) is 6.64. The van der Waals surface area contributed by atoms with E-state index < -0.39 is 5.82 Å². The van der Waals surface area contributed by atoms with Crippen LogP contribution in [0.5, 0.6) is 0 Å². The van der Waals surface area contributed by atoms with Gasteiger partial charge in [-0.15, -0.1) is 0 Å². The first-order valence-electron chi connectivity index (χ1n) is 9.01. The Bertz CT molecular complexity index is 1340. The van der Waals surface area contributed by atoms with Crippen LogP contribution in [0.4, 0.5) is 4.39 Å². The Balaban J connectivity index is 2.11. The quantitative estimate of drug-likeness (QED) is 0.412. The molecule has 0 aliphatic rings. The molecule has 4 nitrogen and oxygen atoms in total. The van der Waals surface area contributed by atoms with Crippen molar-refractivity contribution in [3.63, 3.8) is 0 Å². The van der Waals surface area contributed by atoms with Gasteiger partial charge >= 0.3 is 0 Å². The van der Waals surface area contributed by atoms with Gasteiger partial charge in [-0.25, -0.2) is 9.37 Å². The molecule has 0 unspecified atom stereocenters. The molecule has 0 fully saturated rings. The average molecular weight is 463 g/mol. The Hall–Kier alpha value is -2.44. The fourth-order valence-corrected chi connectivity index (χ4v) is 3.84. The summed E-state index contributed by atoms with van der Waals surface area (Å²) in [6, 6.07) is 14.4. The first-order chi connectivity index (χ1) is 14.4. The summed E-state index contributed by atoms with van der Waals surface area (Å²) in [5.41, 5.74) is 1.72. The molecule has 1 heterocycles. The van der Waals surface area contributed by atoms with Gasteiger partial charge in [-0.3, -0.25) is 9.36 Å². The van der Waals surface area contributed by atoms with Crippen LogP contribution in [-0.2, 0) is 6.54 Å². The van der Waals surface area contributed by atoms with Gasteiger partial charge in [0.1, 0.15) is 11.6 Å². The van der Waals surface area contributed by atoms with E-state index >= 15 is 0 Å². The van der Waals surface area contributed by atoms with Gasteiger partial charge in [0.15, 0.2) is 0 Å². The largest absolute Gasteiger partial charge is 0.316 e. The third-order valence-electron chi connectivity index (χ3n) is 4.68. The Morgan fingerprint density at radius 2 is 1.87 bits per heavy atom. The van der Waals surface area contributed by atoms with E-state index in [0.29, 0.717) is 33.1 Å². The van der Waals surface area contributed by atoms with Crippen LogP contribution in [0.1, 0.15) is 5.56 Å². The summed E-state index contributed by atoms with van der Waals surface area (Å²) in [6.07, 6.45) is 0. The van der Waals surface area contributed by atoms with Crippen LogP contribution in [0, 0.1) is 5.82 Å².